The summed E-state index contributed by atoms with van der Waals surface area (Å²) in [5.41, 5.74) is 0.201. The van der Waals surface area contributed by atoms with Gasteiger partial charge in [-0.15, -0.1) is 0 Å². The molecule has 1 heterocycles. The molecule has 0 saturated carbocycles. The Morgan fingerprint density at radius 2 is 1.96 bits per heavy atom. The highest BCUT2D eigenvalue weighted by atomic mass is 16.5. The lowest BCUT2D eigenvalue weighted by Gasteiger charge is -2.38. The molecule has 0 fully saturated rings. The van der Waals surface area contributed by atoms with Crippen molar-refractivity contribution in [3.05, 3.63) is 48.5 Å². The van der Waals surface area contributed by atoms with E-state index < -0.39 is 5.60 Å². The van der Waals surface area contributed by atoms with Gasteiger partial charge in [-0.25, -0.2) is 0 Å². The first-order chi connectivity index (χ1) is 11.9. The number of para-hydroxylation sites is 2. The number of nitrogens with zero attached hydrogens (tertiary/aromatic N) is 1. The van der Waals surface area contributed by atoms with Gasteiger partial charge in [0.1, 0.15) is 11.5 Å². The van der Waals surface area contributed by atoms with Gasteiger partial charge in [0, 0.05) is 24.7 Å². The molecule has 0 radical (unpaired) electrons. The largest absolute Gasteiger partial charge is 0.508 e. The summed E-state index contributed by atoms with van der Waals surface area (Å²) < 4.78 is 5.76. The third-order valence-corrected chi connectivity index (χ3v) is 3.97. The van der Waals surface area contributed by atoms with E-state index in [4.69, 9.17) is 4.74 Å². The molecule has 0 atom stereocenters. The summed E-state index contributed by atoms with van der Waals surface area (Å²) in [6.07, 6.45) is 0.131. The Morgan fingerprint density at radius 3 is 2.72 bits per heavy atom. The Kier molecular flexibility index (Phi) is 4.35. The van der Waals surface area contributed by atoms with Crippen LogP contribution in [0.1, 0.15) is 20.3 Å². The highest BCUT2D eigenvalue weighted by Crippen LogP contribution is 2.37. The van der Waals surface area contributed by atoms with Crippen LogP contribution in [-0.2, 0) is 9.59 Å². The summed E-state index contributed by atoms with van der Waals surface area (Å²) in [4.78, 5) is 26.4. The lowest BCUT2D eigenvalue weighted by Crippen LogP contribution is -2.53. The second-order valence-electron chi connectivity index (χ2n) is 6.39. The van der Waals surface area contributed by atoms with Crippen LogP contribution in [0.2, 0.25) is 0 Å². The first-order valence-electron chi connectivity index (χ1n) is 8.06. The molecule has 0 bridgehead atoms. The number of carbonyl (C=O) groups is 2. The SMILES string of the molecule is CC1(C)Oc2ccccc2N(CCC(=O)Nc2cccc(O)c2)C1=O. The number of aromatic hydroxyl groups is 1. The molecule has 1 aliphatic heterocycles. The van der Waals surface area contributed by atoms with E-state index in [0.717, 1.165) is 0 Å². The van der Waals surface area contributed by atoms with E-state index in [1.165, 1.54) is 12.1 Å². The third-order valence-electron chi connectivity index (χ3n) is 3.97. The molecule has 0 aromatic heterocycles. The molecule has 0 aliphatic carbocycles. The number of rotatable bonds is 4. The van der Waals surface area contributed by atoms with Crippen LogP contribution < -0.4 is 15.0 Å². The molecular weight excluding hydrogens is 320 g/mol. The van der Waals surface area contributed by atoms with Gasteiger partial charge in [0.2, 0.25) is 5.91 Å². The van der Waals surface area contributed by atoms with Gasteiger partial charge in [-0.05, 0) is 38.1 Å². The zero-order chi connectivity index (χ0) is 18.0. The van der Waals surface area contributed by atoms with Crippen molar-refractivity contribution in [1.29, 1.82) is 0 Å². The van der Waals surface area contributed by atoms with Gasteiger partial charge in [0.15, 0.2) is 5.60 Å². The predicted octanol–water partition coefficient (Wildman–Crippen LogP) is 2.93. The number of hydrogen-bond donors (Lipinski definition) is 2. The van der Waals surface area contributed by atoms with Crippen molar-refractivity contribution in [2.24, 2.45) is 0 Å². The number of benzene rings is 2. The van der Waals surface area contributed by atoms with Crippen LogP contribution in [0.5, 0.6) is 11.5 Å². The highest BCUT2D eigenvalue weighted by molar-refractivity contribution is 6.03. The Balaban J connectivity index is 1.71. The molecule has 6 nitrogen and oxygen atoms in total. The fourth-order valence-electron chi connectivity index (χ4n) is 2.76. The summed E-state index contributed by atoms with van der Waals surface area (Å²) in [5.74, 6) is 0.286. The average molecular weight is 340 g/mol. The highest BCUT2D eigenvalue weighted by Gasteiger charge is 2.40. The molecule has 130 valence electrons. The van der Waals surface area contributed by atoms with Crippen molar-refractivity contribution in [1.82, 2.24) is 0 Å². The second kappa shape index (κ2) is 6.47. The molecule has 2 N–H and O–H groups in total. The van der Waals surface area contributed by atoms with Crippen molar-refractivity contribution in [2.75, 3.05) is 16.8 Å². The van der Waals surface area contributed by atoms with Crippen molar-refractivity contribution in [2.45, 2.75) is 25.9 Å². The van der Waals surface area contributed by atoms with Crippen LogP contribution in [0.3, 0.4) is 0 Å². The first kappa shape index (κ1) is 16.8. The monoisotopic (exact) mass is 340 g/mol. The number of nitrogens with one attached hydrogen (secondary N) is 1. The molecule has 6 heteroatoms. The minimum atomic E-state index is -0.976. The predicted molar refractivity (Wildman–Crippen MR) is 94.9 cm³/mol. The van der Waals surface area contributed by atoms with Crippen molar-refractivity contribution < 1.29 is 19.4 Å². The lowest BCUT2D eigenvalue weighted by atomic mass is 10.0. The van der Waals surface area contributed by atoms with Crippen LogP contribution in [0.4, 0.5) is 11.4 Å². The van der Waals surface area contributed by atoms with Crippen molar-refractivity contribution >= 4 is 23.2 Å². The van der Waals surface area contributed by atoms with Crippen LogP contribution >= 0.6 is 0 Å². The molecular formula is C19H20N2O4. The van der Waals surface area contributed by atoms with E-state index in [1.54, 1.807) is 36.9 Å². The molecule has 0 spiro atoms. The van der Waals surface area contributed by atoms with Gasteiger partial charge in [-0.3, -0.25) is 9.59 Å². The van der Waals surface area contributed by atoms with Crippen LogP contribution in [-0.4, -0.2) is 29.1 Å². The number of hydrogen-bond acceptors (Lipinski definition) is 4. The van der Waals surface area contributed by atoms with Gasteiger partial charge in [-0.1, -0.05) is 18.2 Å². The number of anilines is 2. The molecule has 3 rings (SSSR count). The fraction of sp³-hybridized carbons (Fsp3) is 0.263. The van der Waals surface area contributed by atoms with Crippen LogP contribution in [0, 0.1) is 0 Å². The van der Waals surface area contributed by atoms with E-state index >= 15 is 0 Å². The minimum Gasteiger partial charge on any atom is -0.508 e. The molecule has 1 aliphatic rings. The maximum atomic E-state index is 12.7. The third kappa shape index (κ3) is 3.57. The van der Waals surface area contributed by atoms with Crippen LogP contribution in [0.15, 0.2) is 48.5 Å². The Labute approximate surface area is 146 Å². The molecule has 2 amide bonds. The van der Waals surface area contributed by atoms with Crippen LogP contribution in [0.25, 0.3) is 0 Å². The van der Waals surface area contributed by atoms with E-state index in [1.807, 2.05) is 18.2 Å². The first-order valence-corrected chi connectivity index (χ1v) is 8.06. The van der Waals surface area contributed by atoms with Crippen molar-refractivity contribution in [3.63, 3.8) is 0 Å². The number of fused-ring (bicyclic) bond motifs is 1. The number of carbonyl (C=O) groups excluding carboxylic acids is 2. The normalized spacial score (nSPS) is 15.3. The summed E-state index contributed by atoms with van der Waals surface area (Å²) in [6, 6.07) is 13.6. The molecule has 0 unspecified atom stereocenters. The smallest absolute Gasteiger partial charge is 0.270 e. The van der Waals surface area contributed by atoms with Gasteiger partial charge < -0.3 is 20.1 Å². The van der Waals surface area contributed by atoms with Crippen molar-refractivity contribution in [3.8, 4) is 11.5 Å². The Hall–Kier alpha value is -3.02. The lowest BCUT2D eigenvalue weighted by molar-refractivity contribution is -0.132. The van der Waals surface area contributed by atoms with Gasteiger partial charge >= 0.3 is 0 Å². The molecule has 2 aromatic rings. The topological polar surface area (TPSA) is 78.9 Å². The van der Waals surface area contributed by atoms with E-state index in [9.17, 15) is 14.7 Å². The molecule has 25 heavy (non-hydrogen) atoms. The van der Waals surface area contributed by atoms with E-state index in [0.29, 0.717) is 17.1 Å². The number of ether oxygens (including phenoxy) is 1. The standard InChI is InChI=1S/C19H20N2O4/c1-19(2)18(24)21(15-8-3-4-9-16(15)25-19)11-10-17(23)20-13-6-5-7-14(22)12-13/h3-9,12,22H,10-11H2,1-2H3,(H,20,23). The summed E-state index contributed by atoms with van der Waals surface area (Å²) >= 11 is 0. The summed E-state index contributed by atoms with van der Waals surface area (Å²) in [7, 11) is 0. The summed E-state index contributed by atoms with van der Waals surface area (Å²) in [6.45, 7) is 3.67. The number of phenolic OH excluding ortho intramolecular Hbond substituents is 1. The zero-order valence-corrected chi connectivity index (χ0v) is 14.2. The maximum absolute atomic E-state index is 12.7. The van der Waals surface area contributed by atoms with E-state index in [-0.39, 0.29) is 30.5 Å². The minimum absolute atomic E-state index is 0.0804. The number of phenols is 1. The van der Waals surface area contributed by atoms with Gasteiger partial charge in [0.25, 0.3) is 5.91 Å². The zero-order valence-electron chi connectivity index (χ0n) is 14.2. The number of amides is 2. The quantitative estimate of drug-likeness (QED) is 0.897. The fourth-order valence-corrected chi connectivity index (χ4v) is 2.76. The maximum Gasteiger partial charge on any atom is 0.270 e. The van der Waals surface area contributed by atoms with Gasteiger partial charge in [0.05, 0.1) is 5.69 Å². The molecule has 2 aromatic carbocycles. The Bertz CT molecular complexity index is 817. The van der Waals surface area contributed by atoms with E-state index in [2.05, 4.69) is 5.32 Å². The second-order valence-corrected chi connectivity index (χ2v) is 6.39. The average Bonchev–Trinajstić information content (AvgIpc) is 2.55. The van der Waals surface area contributed by atoms with Gasteiger partial charge in [-0.2, -0.15) is 0 Å². The Morgan fingerprint density at radius 1 is 1.20 bits per heavy atom. The molecule has 0 saturated heterocycles. The summed E-state index contributed by atoms with van der Waals surface area (Å²) in [5, 5.41) is 12.2.